The number of ether oxygens (including phenoxy) is 1. The van der Waals surface area contributed by atoms with Crippen molar-refractivity contribution in [2.24, 2.45) is 0 Å². The first-order valence-corrected chi connectivity index (χ1v) is 10.7. The molecule has 130 valence electrons. The Morgan fingerprint density at radius 2 is 1.83 bits per heavy atom. The lowest BCUT2D eigenvalue weighted by molar-refractivity contribution is -0.134. The Labute approximate surface area is 155 Å². The van der Waals surface area contributed by atoms with E-state index in [2.05, 4.69) is 40.2 Å². The lowest BCUT2D eigenvalue weighted by Gasteiger charge is -2.25. The van der Waals surface area contributed by atoms with Crippen LogP contribution in [0.25, 0.3) is 0 Å². The third kappa shape index (κ3) is 8.88. The number of hydrogen-bond acceptors (Lipinski definition) is 5. The second-order valence-electron chi connectivity index (χ2n) is 5.77. The average molecular weight is 421 g/mol. The van der Waals surface area contributed by atoms with Gasteiger partial charge in [-0.05, 0) is 52.2 Å². The Morgan fingerprint density at radius 1 is 1.22 bits per heavy atom. The van der Waals surface area contributed by atoms with Crippen molar-refractivity contribution in [3.8, 4) is 5.75 Å². The van der Waals surface area contributed by atoms with E-state index in [4.69, 9.17) is 4.74 Å². The molecule has 7 heteroatoms. The molecule has 0 fully saturated rings. The van der Waals surface area contributed by atoms with Gasteiger partial charge in [-0.25, -0.2) is 0 Å². The molecule has 0 spiro atoms. The monoisotopic (exact) mass is 420 g/mol. The van der Waals surface area contributed by atoms with Gasteiger partial charge in [0.2, 0.25) is 0 Å². The Morgan fingerprint density at radius 3 is 2.43 bits per heavy atom. The fraction of sp³-hybridized carbons (Fsp3) is 0.562. The Hall–Kier alpha value is -0.370. The van der Waals surface area contributed by atoms with Crippen molar-refractivity contribution >= 4 is 43.4 Å². The SMILES string of the molecule is CN(C)CCSSCCNC(=O)C(C)(C)Oc1ccc(Br)cc1. The van der Waals surface area contributed by atoms with Gasteiger partial charge in [0.1, 0.15) is 5.75 Å². The molecule has 0 aliphatic rings. The highest BCUT2D eigenvalue weighted by molar-refractivity contribution is 9.10. The number of halogens is 1. The molecule has 0 radical (unpaired) electrons. The molecule has 0 saturated heterocycles. The summed E-state index contributed by atoms with van der Waals surface area (Å²) >= 11 is 3.38. The summed E-state index contributed by atoms with van der Waals surface area (Å²) in [6.07, 6.45) is 0. The van der Waals surface area contributed by atoms with Crippen LogP contribution in [0.2, 0.25) is 0 Å². The van der Waals surface area contributed by atoms with Crippen molar-refractivity contribution in [1.29, 1.82) is 0 Å². The minimum absolute atomic E-state index is 0.0979. The highest BCUT2D eigenvalue weighted by atomic mass is 79.9. The zero-order chi connectivity index (χ0) is 17.3. The molecule has 4 nitrogen and oxygen atoms in total. The summed E-state index contributed by atoms with van der Waals surface area (Å²) in [4.78, 5) is 14.4. The Kier molecular flexibility index (Phi) is 9.43. The predicted molar refractivity (Wildman–Crippen MR) is 105 cm³/mol. The molecule has 0 unspecified atom stereocenters. The first-order chi connectivity index (χ1) is 10.8. The van der Waals surface area contributed by atoms with Crippen molar-refractivity contribution in [3.05, 3.63) is 28.7 Å². The molecule has 1 aromatic carbocycles. The Bertz CT molecular complexity index is 481. The molecule has 0 heterocycles. The van der Waals surface area contributed by atoms with Gasteiger partial charge < -0.3 is 15.0 Å². The first-order valence-electron chi connectivity index (χ1n) is 7.43. The number of carbonyl (C=O) groups is 1. The predicted octanol–water partition coefficient (Wildman–Crippen LogP) is 3.67. The maximum absolute atomic E-state index is 12.2. The van der Waals surface area contributed by atoms with E-state index in [1.165, 1.54) is 0 Å². The van der Waals surface area contributed by atoms with E-state index >= 15 is 0 Å². The summed E-state index contributed by atoms with van der Waals surface area (Å²) in [6.45, 7) is 5.27. The number of carbonyl (C=O) groups excluding carboxylic acids is 1. The lowest BCUT2D eigenvalue weighted by Crippen LogP contribution is -2.47. The topological polar surface area (TPSA) is 41.6 Å². The van der Waals surface area contributed by atoms with E-state index in [-0.39, 0.29) is 5.91 Å². The number of benzene rings is 1. The maximum Gasteiger partial charge on any atom is 0.263 e. The number of amides is 1. The summed E-state index contributed by atoms with van der Waals surface area (Å²) in [7, 11) is 7.75. The van der Waals surface area contributed by atoms with Gasteiger partial charge in [-0.2, -0.15) is 0 Å². The third-order valence-electron chi connectivity index (χ3n) is 2.91. The molecule has 1 aromatic rings. The highest BCUT2D eigenvalue weighted by Crippen LogP contribution is 2.22. The Balaban J connectivity index is 2.25. The zero-order valence-electron chi connectivity index (χ0n) is 14.1. The number of nitrogens with one attached hydrogen (secondary N) is 1. The van der Waals surface area contributed by atoms with Crippen LogP contribution in [-0.4, -0.2) is 55.1 Å². The zero-order valence-corrected chi connectivity index (χ0v) is 17.3. The molecule has 0 saturated carbocycles. The molecular formula is C16H25BrN2O2S2. The fourth-order valence-corrected chi connectivity index (χ4v) is 3.91. The first kappa shape index (κ1) is 20.7. The van der Waals surface area contributed by atoms with Gasteiger partial charge in [0.15, 0.2) is 5.60 Å². The molecule has 0 atom stereocenters. The van der Waals surface area contributed by atoms with Gasteiger partial charge >= 0.3 is 0 Å². The van der Waals surface area contributed by atoms with E-state index in [0.29, 0.717) is 12.3 Å². The van der Waals surface area contributed by atoms with Gasteiger partial charge in [-0.15, -0.1) is 0 Å². The summed E-state index contributed by atoms with van der Waals surface area (Å²) in [5.41, 5.74) is -0.892. The largest absolute Gasteiger partial charge is 0.478 e. The van der Waals surface area contributed by atoms with Crippen LogP contribution in [0.5, 0.6) is 5.75 Å². The molecule has 1 amide bonds. The van der Waals surface area contributed by atoms with Gasteiger partial charge in [0.05, 0.1) is 0 Å². The van der Waals surface area contributed by atoms with Crippen molar-refractivity contribution in [1.82, 2.24) is 10.2 Å². The second kappa shape index (κ2) is 10.5. The molecule has 0 aromatic heterocycles. The van der Waals surface area contributed by atoms with Crippen LogP contribution in [-0.2, 0) is 4.79 Å². The number of rotatable bonds is 10. The van der Waals surface area contributed by atoms with Crippen LogP contribution in [0.1, 0.15) is 13.8 Å². The number of hydrogen-bond donors (Lipinski definition) is 1. The van der Waals surface area contributed by atoms with Crippen LogP contribution >= 0.6 is 37.5 Å². The fourth-order valence-electron chi connectivity index (χ4n) is 1.60. The second-order valence-corrected chi connectivity index (χ2v) is 9.39. The van der Waals surface area contributed by atoms with Gasteiger partial charge in [-0.3, -0.25) is 4.79 Å². The van der Waals surface area contributed by atoms with Crippen molar-refractivity contribution in [3.63, 3.8) is 0 Å². The number of nitrogens with zero attached hydrogens (tertiary/aromatic N) is 1. The third-order valence-corrected chi connectivity index (χ3v) is 5.82. The summed E-state index contributed by atoms with van der Waals surface area (Å²) in [5, 5.41) is 2.94. The van der Waals surface area contributed by atoms with Crippen molar-refractivity contribution < 1.29 is 9.53 Å². The van der Waals surface area contributed by atoms with Crippen LogP contribution in [0.3, 0.4) is 0 Å². The lowest BCUT2D eigenvalue weighted by atomic mass is 10.1. The van der Waals surface area contributed by atoms with E-state index in [1.54, 1.807) is 24.6 Å². The quantitative estimate of drug-likeness (QED) is 0.461. The summed E-state index contributed by atoms with van der Waals surface area (Å²) in [6, 6.07) is 7.47. The van der Waals surface area contributed by atoms with Crippen molar-refractivity contribution in [2.75, 3.05) is 38.7 Å². The molecule has 1 rings (SSSR count). The minimum atomic E-state index is -0.892. The molecular weight excluding hydrogens is 396 g/mol. The van der Waals surface area contributed by atoms with Crippen molar-refractivity contribution in [2.45, 2.75) is 19.4 Å². The maximum atomic E-state index is 12.2. The highest BCUT2D eigenvalue weighted by Gasteiger charge is 2.29. The molecule has 0 aliphatic heterocycles. The molecule has 0 bridgehead atoms. The van der Waals surface area contributed by atoms with Gasteiger partial charge in [0, 0.05) is 29.1 Å². The van der Waals surface area contributed by atoms with E-state index < -0.39 is 5.60 Å². The molecule has 0 aliphatic carbocycles. The van der Waals surface area contributed by atoms with Crippen LogP contribution in [0, 0.1) is 0 Å². The van der Waals surface area contributed by atoms with Gasteiger partial charge in [-0.1, -0.05) is 37.5 Å². The van der Waals surface area contributed by atoms with E-state index in [9.17, 15) is 4.79 Å². The smallest absolute Gasteiger partial charge is 0.263 e. The minimum Gasteiger partial charge on any atom is -0.478 e. The van der Waals surface area contributed by atoms with Crippen LogP contribution in [0.4, 0.5) is 0 Å². The van der Waals surface area contributed by atoms with E-state index in [0.717, 1.165) is 22.5 Å². The summed E-state index contributed by atoms with van der Waals surface area (Å²) < 4.78 is 6.77. The van der Waals surface area contributed by atoms with Crippen LogP contribution < -0.4 is 10.1 Å². The molecule has 1 N–H and O–H groups in total. The molecule has 23 heavy (non-hydrogen) atoms. The normalized spacial score (nSPS) is 11.6. The van der Waals surface area contributed by atoms with Gasteiger partial charge in [0.25, 0.3) is 5.91 Å². The standard InChI is InChI=1S/C16H25BrN2O2S2/c1-16(2,21-14-7-5-13(17)6-8-14)15(20)18-9-11-22-23-12-10-19(3)4/h5-8H,9-12H2,1-4H3,(H,18,20). The van der Waals surface area contributed by atoms with E-state index in [1.807, 2.05) is 35.1 Å². The summed E-state index contributed by atoms with van der Waals surface area (Å²) in [5.74, 6) is 2.56. The van der Waals surface area contributed by atoms with Crippen LogP contribution in [0.15, 0.2) is 28.7 Å². The average Bonchev–Trinajstić information content (AvgIpc) is 2.48.